The van der Waals surface area contributed by atoms with Gasteiger partial charge in [-0.1, -0.05) is 24.3 Å². The van der Waals surface area contributed by atoms with E-state index in [0.717, 1.165) is 51.6 Å². The highest BCUT2D eigenvalue weighted by molar-refractivity contribution is 7.95. The maximum Gasteiger partial charge on any atom is 0.254 e. The highest BCUT2D eigenvalue weighted by atomic mass is 32.2. The average molecular weight is 482 g/mol. The molecule has 0 fully saturated rings. The maximum absolute atomic E-state index is 12.3. The van der Waals surface area contributed by atoms with Crippen LogP contribution in [0.25, 0.3) is 22.0 Å². The van der Waals surface area contributed by atoms with E-state index >= 15 is 0 Å². The number of hydrogen-bond acceptors (Lipinski definition) is 4. The third kappa shape index (κ3) is 4.35. The number of nitrogens with two attached hydrogens (primary N) is 1. The lowest BCUT2D eigenvalue weighted by atomic mass is 9.77. The quantitative estimate of drug-likeness (QED) is 0.416. The standard InChI is InChI=1S/C26H31N3O4S/c1-5-13-34(32,33)29-21-8-6-7-17(15(21)2)18-11-12-20(25(27)30)24-23(18)19-10-9-16(26(3,4)31)14-22(19)28-24/h5-8,11-13,16,28-29,31H,9-10,14H2,1-4H3,(H2,27,30). The van der Waals surface area contributed by atoms with E-state index in [-0.39, 0.29) is 5.92 Å². The van der Waals surface area contributed by atoms with Crippen LogP contribution in [-0.2, 0) is 22.9 Å². The number of fused-ring (bicyclic) bond motifs is 3. The molecule has 1 aromatic heterocycles. The molecule has 1 heterocycles. The molecule has 5 N–H and O–H groups in total. The van der Waals surface area contributed by atoms with Gasteiger partial charge in [-0.25, -0.2) is 8.42 Å². The molecule has 0 aliphatic heterocycles. The van der Waals surface area contributed by atoms with Crippen LogP contribution in [0.2, 0.25) is 0 Å². The minimum Gasteiger partial charge on any atom is -0.390 e. The van der Waals surface area contributed by atoms with Crippen molar-refractivity contribution in [2.45, 2.75) is 52.6 Å². The first-order chi connectivity index (χ1) is 15.9. The van der Waals surface area contributed by atoms with Crippen molar-refractivity contribution >= 4 is 32.5 Å². The highest BCUT2D eigenvalue weighted by Gasteiger charge is 2.33. The van der Waals surface area contributed by atoms with Crippen molar-refractivity contribution in [1.82, 2.24) is 4.98 Å². The number of H-pyrrole nitrogens is 1. The number of allylic oxidation sites excluding steroid dienone is 1. The predicted octanol–water partition coefficient (Wildman–Crippen LogP) is 4.39. The average Bonchev–Trinajstić information content (AvgIpc) is 3.12. The number of aromatic nitrogens is 1. The molecule has 34 heavy (non-hydrogen) atoms. The van der Waals surface area contributed by atoms with E-state index in [1.54, 1.807) is 19.1 Å². The number of primary amides is 1. The number of aromatic amines is 1. The van der Waals surface area contributed by atoms with Crippen LogP contribution in [0, 0.1) is 12.8 Å². The first-order valence-corrected chi connectivity index (χ1v) is 12.9. The van der Waals surface area contributed by atoms with E-state index in [1.807, 2.05) is 39.0 Å². The van der Waals surface area contributed by atoms with Crippen LogP contribution in [-0.4, -0.2) is 30.0 Å². The number of aliphatic hydroxyl groups is 1. The van der Waals surface area contributed by atoms with Gasteiger partial charge in [0.05, 0.1) is 22.4 Å². The van der Waals surface area contributed by atoms with Crippen molar-refractivity contribution in [3.05, 3.63) is 64.2 Å². The molecule has 0 saturated heterocycles. The van der Waals surface area contributed by atoms with Gasteiger partial charge in [0.25, 0.3) is 15.9 Å². The summed E-state index contributed by atoms with van der Waals surface area (Å²) in [4.78, 5) is 15.7. The molecule has 0 spiro atoms. The molecule has 180 valence electrons. The Balaban J connectivity index is 1.92. The van der Waals surface area contributed by atoms with Gasteiger partial charge in [0.15, 0.2) is 0 Å². The first kappa shape index (κ1) is 24.0. The van der Waals surface area contributed by atoms with E-state index in [2.05, 4.69) is 9.71 Å². The van der Waals surface area contributed by atoms with Crippen LogP contribution in [0.3, 0.4) is 0 Å². The van der Waals surface area contributed by atoms with Gasteiger partial charge in [-0.15, -0.1) is 0 Å². The smallest absolute Gasteiger partial charge is 0.254 e. The SMILES string of the molecule is CC=CS(=O)(=O)Nc1cccc(-c2ccc(C(N)=O)c3[nH]c4c(c23)CCC(C(C)(C)O)C4)c1C. The number of carbonyl (C=O) groups excluding carboxylic acids is 1. The lowest BCUT2D eigenvalue weighted by Crippen LogP contribution is -2.34. The predicted molar refractivity (Wildman–Crippen MR) is 136 cm³/mol. The Kier molecular flexibility index (Phi) is 6.08. The van der Waals surface area contributed by atoms with Gasteiger partial charge in [0.2, 0.25) is 0 Å². The van der Waals surface area contributed by atoms with Crippen molar-refractivity contribution < 1.29 is 18.3 Å². The normalized spacial score (nSPS) is 16.7. The minimum atomic E-state index is -3.61. The largest absolute Gasteiger partial charge is 0.390 e. The fourth-order valence-corrected chi connectivity index (χ4v) is 5.93. The van der Waals surface area contributed by atoms with Gasteiger partial charge in [-0.05, 0) is 87.3 Å². The van der Waals surface area contributed by atoms with Crippen molar-refractivity contribution in [2.75, 3.05) is 4.72 Å². The lowest BCUT2D eigenvalue weighted by Gasteiger charge is -2.32. The van der Waals surface area contributed by atoms with Crippen molar-refractivity contribution in [1.29, 1.82) is 0 Å². The van der Waals surface area contributed by atoms with Crippen LogP contribution in [0.4, 0.5) is 5.69 Å². The van der Waals surface area contributed by atoms with Crippen molar-refractivity contribution in [2.24, 2.45) is 11.7 Å². The second-order valence-electron chi connectivity index (χ2n) is 9.55. The second kappa shape index (κ2) is 8.60. The lowest BCUT2D eigenvalue weighted by molar-refractivity contribution is 0.0107. The van der Waals surface area contributed by atoms with Crippen LogP contribution in [0.5, 0.6) is 0 Å². The van der Waals surface area contributed by atoms with E-state index in [1.165, 1.54) is 6.08 Å². The Morgan fingerprint density at radius 3 is 2.62 bits per heavy atom. The van der Waals surface area contributed by atoms with E-state index in [4.69, 9.17) is 5.73 Å². The molecule has 1 atom stereocenters. The summed E-state index contributed by atoms with van der Waals surface area (Å²) in [6, 6.07) is 9.09. The summed E-state index contributed by atoms with van der Waals surface area (Å²) in [5, 5.41) is 12.6. The topological polar surface area (TPSA) is 125 Å². The van der Waals surface area contributed by atoms with E-state index in [0.29, 0.717) is 23.2 Å². The van der Waals surface area contributed by atoms with Gasteiger partial charge < -0.3 is 15.8 Å². The summed E-state index contributed by atoms with van der Waals surface area (Å²) in [6.07, 6.45) is 3.73. The zero-order chi connectivity index (χ0) is 24.8. The monoisotopic (exact) mass is 481 g/mol. The fraction of sp³-hybridized carbons (Fsp3) is 0.346. The summed E-state index contributed by atoms with van der Waals surface area (Å²) >= 11 is 0. The number of rotatable bonds is 6. The Hall–Kier alpha value is -3.10. The molecular weight excluding hydrogens is 450 g/mol. The number of carbonyl (C=O) groups is 1. The van der Waals surface area contributed by atoms with Gasteiger partial charge in [-0.2, -0.15) is 0 Å². The number of hydrogen-bond donors (Lipinski definition) is 4. The molecule has 4 rings (SSSR count). The summed E-state index contributed by atoms with van der Waals surface area (Å²) < 4.78 is 27.3. The highest BCUT2D eigenvalue weighted by Crippen LogP contribution is 2.42. The number of sulfonamides is 1. The molecule has 0 radical (unpaired) electrons. The number of aryl methyl sites for hydroxylation is 1. The number of benzene rings is 2. The summed E-state index contributed by atoms with van der Waals surface area (Å²) in [5.41, 5.74) is 11.2. The third-order valence-corrected chi connectivity index (χ3v) is 7.93. The van der Waals surface area contributed by atoms with Gasteiger partial charge in [-0.3, -0.25) is 9.52 Å². The van der Waals surface area contributed by atoms with Crippen LogP contribution < -0.4 is 10.5 Å². The van der Waals surface area contributed by atoms with Crippen LogP contribution in [0.1, 0.15) is 54.4 Å². The molecule has 2 aromatic carbocycles. The minimum absolute atomic E-state index is 0.0969. The zero-order valence-electron chi connectivity index (χ0n) is 19.9. The first-order valence-electron chi connectivity index (χ1n) is 11.4. The molecule has 0 bridgehead atoms. The fourth-order valence-electron chi connectivity index (χ4n) is 4.98. The van der Waals surface area contributed by atoms with Gasteiger partial charge >= 0.3 is 0 Å². The molecule has 1 aliphatic rings. The van der Waals surface area contributed by atoms with Gasteiger partial charge in [0.1, 0.15) is 0 Å². The van der Waals surface area contributed by atoms with Crippen molar-refractivity contribution in [3.63, 3.8) is 0 Å². The summed E-state index contributed by atoms with van der Waals surface area (Å²) in [7, 11) is -3.61. The molecule has 1 amide bonds. The Morgan fingerprint density at radius 2 is 1.97 bits per heavy atom. The second-order valence-corrected chi connectivity index (χ2v) is 11.1. The molecular formula is C26H31N3O4S. The third-order valence-electron chi connectivity index (χ3n) is 6.80. The molecule has 0 saturated carbocycles. The van der Waals surface area contributed by atoms with Crippen LogP contribution >= 0.6 is 0 Å². The zero-order valence-corrected chi connectivity index (χ0v) is 20.7. The summed E-state index contributed by atoms with van der Waals surface area (Å²) in [5.74, 6) is -0.418. The van der Waals surface area contributed by atoms with E-state index < -0.39 is 21.5 Å². The number of nitrogens with one attached hydrogen (secondary N) is 2. The molecule has 1 aliphatic carbocycles. The molecule has 8 heteroatoms. The summed E-state index contributed by atoms with van der Waals surface area (Å²) in [6.45, 7) is 7.18. The van der Waals surface area contributed by atoms with E-state index in [9.17, 15) is 18.3 Å². The van der Waals surface area contributed by atoms with Gasteiger partial charge in [0, 0.05) is 16.5 Å². The number of anilines is 1. The molecule has 3 aromatic rings. The van der Waals surface area contributed by atoms with Crippen molar-refractivity contribution in [3.8, 4) is 11.1 Å². The number of amides is 1. The van der Waals surface area contributed by atoms with Crippen LogP contribution in [0.15, 0.2) is 41.8 Å². The Labute approximate surface area is 200 Å². The maximum atomic E-state index is 12.3. The molecule has 7 nitrogen and oxygen atoms in total. The Morgan fingerprint density at radius 1 is 1.24 bits per heavy atom. The molecule has 1 unspecified atom stereocenters. The Bertz CT molecular complexity index is 1410.